The van der Waals surface area contributed by atoms with Gasteiger partial charge in [-0.05, 0) is 50.5 Å². The third-order valence-corrected chi connectivity index (χ3v) is 7.84. The first kappa shape index (κ1) is 22.3. The number of carbonyl (C=O) groups is 2. The van der Waals surface area contributed by atoms with Gasteiger partial charge in [0.2, 0.25) is 5.91 Å². The molecule has 0 aromatic carbocycles. The Morgan fingerprint density at radius 1 is 1.35 bits per heavy atom. The molecule has 1 aliphatic carbocycles. The maximum Gasteiger partial charge on any atom is 0.321 e. The topological polar surface area (TPSA) is 102 Å². The van der Waals surface area contributed by atoms with Gasteiger partial charge in [-0.15, -0.1) is 11.3 Å². The predicted octanol–water partition coefficient (Wildman–Crippen LogP) is 2.70. The molecule has 1 fully saturated rings. The van der Waals surface area contributed by atoms with Crippen LogP contribution in [0.2, 0.25) is 0 Å². The van der Waals surface area contributed by atoms with Crippen molar-refractivity contribution in [3.8, 4) is 0 Å². The SMILES string of the molecule is CCNC(=O)NC(=O)CSc1nc2sc3c(c2c(=O)n1CC1CCCO1)CCC(C)C3. The summed E-state index contributed by atoms with van der Waals surface area (Å²) in [6.07, 6.45) is 4.85. The zero-order chi connectivity index (χ0) is 22.0. The van der Waals surface area contributed by atoms with E-state index in [0.29, 0.717) is 30.8 Å². The molecule has 10 heteroatoms. The molecule has 2 atom stereocenters. The summed E-state index contributed by atoms with van der Waals surface area (Å²) in [5.74, 6) is 0.192. The molecule has 8 nitrogen and oxygen atoms in total. The highest BCUT2D eigenvalue weighted by atomic mass is 32.2. The number of hydrogen-bond donors (Lipinski definition) is 2. The molecule has 168 valence electrons. The van der Waals surface area contributed by atoms with Gasteiger partial charge in [0.05, 0.1) is 23.8 Å². The Labute approximate surface area is 189 Å². The number of aromatic nitrogens is 2. The second-order valence-corrected chi connectivity index (χ2v) is 10.2. The van der Waals surface area contributed by atoms with E-state index >= 15 is 0 Å². The van der Waals surface area contributed by atoms with Gasteiger partial charge in [0.25, 0.3) is 5.56 Å². The number of thiophene rings is 1. The Morgan fingerprint density at radius 3 is 2.94 bits per heavy atom. The number of hydrogen-bond acceptors (Lipinski definition) is 7. The number of aryl methyl sites for hydroxylation is 1. The van der Waals surface area contributed by atoms with Gasteiger partial charge in [-0.1, -0.05) is 18.7 Å². The summed E-state index contributed by atoms with van der Waals surface area (Å²) in [6.45, 7) is 5.60. The number of nitrogens with one attached hydrogen (secondary N) is 2. The average Bonchev–Trinajstić information content (AvgIpc) is 3.35. The van der Waals surface area contributed by atoms with E-state index in [-0.39, 0.29) is 17.4 Å². The van der Waals surface area contributed by atoms with Crippen LogP contribution in [0.5, 0.6) is 0 Å². The molecule has 1 saturated heterocycles. The second-order valence-electron chi connectivity index (χ2n) is 8.17. The van der Waals surface area contributed by atoms with Crippen molar-refractivity contribution >= 4 is 45.3 Å². The average molecular weight is 465 g/mol. The van der Waals surface area contributed by atoms with Crippen LogP contribution in [0.3, 0.4) is 0 Å². The largest absolute Gasteiger partial charge is 0.376 e. The fraction of sp³-hybridized carbons (Fsp3) is 0.619. The molecule has 3 amide bonds. The zero-order valence-corrected chi connectivity index (χ0v) is 19.5. The molecule has 3 heterocycles. The summed E-state index contributed by atoms with van der Waals surface area (Å²) >= 11 is 2.79. The Morgan fingerprint density at radius 2 is 2.19 bits per heavy atom. The van der Waals surface area contributed by atoms with Crippen molar-refractivity contribution < 1.29 is 14.3 Å². The molecule has 0 bridgehead atoms. The number of rotatable bonds is 6. The van der Waals surface area contributed by atoms with Crippen LogP contribution in [0.1, 0.15) is 43.6 Å². The molecule has 2 aromatic rings. The summed E-state index contributed by atoms with van der Waals surface area (Å²) in [7, 11) is 0. The van der Waals surface area contributed by atoms with Crippen LogP contribution in [0.15, 0.2) is 9.95 Å². The van der Waals surface area contributed by atoms with Crippen LogP contribution in [0.25, 0.3) is 10.2 Å². The molecule has 31 heavy (non-hydrogen) atoms. The monoisotopic (exact) mass is 464 g/mol. The molecule has 0 radical (unpaired) electrons. The highest BCUT2D eigenvalue weighted by Gasteiger charge is 2.26. The first-order valence-electron chi connectivity index (χ1n) is 10.8. The number of carbonyl (C=O) groups excluding carboxylic acids is 2. The summed E-state index contributed by atoms with van der Waals surface area (Å²) in [5, 5.41) is 6.07. The maximum atomic E-state index is 13.6. The zero-order valence-electron chi connectivity index (χ0n) is 17.9. The lowest BCUT2D eigenvalue weighted by Gasteiger charge is -2.18. The van der Waals surface area contributed by atoms with Crippen LogP contribution in [0.4, 0.5) is 4.79 Å². The lowest BCUT2D eigenvalue weighted by atomic mass is 9.89. The van der Waals surface area contributed by atoms with Gasteiger partial charge in [0.15, 0.2) is 5.16 Å². The van der Waals surface area contributed by atoms with Crippen molar-refractivity contribution in [3.05, 3.63) is 20.8 Å². The quantitative estimate of drug-likeness (QED) is 0.503. The third-order valence-electron chi connectivity index (χ3n) is 5.71. The second kappa shape index (κ2) is 9.70. The van der Waals surface area contributed by atoms with Gasteiger partial charge in [0.1, 0.15) is 4.83 Å². The van der Waals surface area contributed by atoms with Crippen LogP contribution >= 0.6 is 23.1 Å². The number of urea groups is 1. The molecular weight excluding hydrogens is 436 g/mol. The van der Waals surface area contributed by atoms with Crippen LogP contribution in [0, 0.1) is 5.92 Å². The van der Waals surface area contributed by atoms with Gasteiger partial charge in [-0.2, -0.15) is 0 Å². The third kappa shape index (κ3) is 4.96. The number of imide groups is 1. The summed E-state index contributed by atoms with van der Waals surface area (Å²) in [6, 6.07) is -0.520. The van der Waals surface area contributed by atoms with E-state index in [4.69, 9.17) is 9.72 Å². The van der Waals surface area contributed by atoms with Crippen LogP contribution in [-0.4, -0.2) is 46.5 Å². The molecule has 2 unspecified atom stereocenters. The normalized spacial score (nSPS) is 20.6. The smallest absolute Gasteiger partial charge is 0.321 e. The molecule has 0 spiro atoms. The van der Waals surface area contributed by atoms with Crippen molar-refractivity contribution in [1.29, 1.82) is 0 Å². The number of ether oxygens (including phenoxy) is 1. The molecule has 1 aliphatic heterocycles. The van der Waals surface area contributed by atoms with Crippen molar-refractivity contribution in [1.82, 2.24) is 20.2 Å². The van der Waals surface area contributed by atoms with Crippen molar-refractivity contribution in [2.24, 2.45) is 5.92 Å². The molecule has 4 rings (SSSR count). The number of thioether (sulfide) groups is 1. The highest BCUT2D eigenvalue weighted by Crippen LogP contribution is 2.36. The molecule has 2 aromatic heterocycles. The molecule has 2 aliphatic rings. The van der Waals surface area contributed by atoms with Gasteiger partial charge in [-0.25, -0.2) is 9.78 Å². The summed E-state index contributed by atoms with van der Waals surface area (Å²) in [5.41, 5.74) is 1.11. The lowest BCUT2D eigenvalue weighted by Crippen LogP contribution is -2.40. The van der Waals surface area contributed by atoms with E-state index in [1.54, 1.807) is 22.8 Å². The van der Waals surface area contributed by atoms with E-state index in [0.717, 1.165) is 47.9 Å². The first-order valence-corrected chi connectivity index (χ1v) is 12.6. The van der Waals surface area contributed by atoms with E-state index < -0.39 is 11.9 Å². The Bertz CT molecular complexity index is 1040. The Hall–Kier alpha value is -1.91. The van der Waals surface area contributed by atoms with E-state index in [1.165, 1.54) is 16.6 Å². The van der Waals surface area contributed by atoms with Gasteiger partial charge >= 0.3 is 6.03 Å². The maximum absolute atomic E-state index is 13.6. The standard InChI is InChI=1S/C21H28N4O4S2/c1-3-22-20(28)23-16(26)11-30-21-24-18-17(14-7-6-12(2)9-15(14)31-18)19(27)25(21)10-13-5-4-8-29-13/h12-13H,3-11H2,1-2H3,(H2,22,23,26,28). The Kier molecular flexibility index (Phi) is 6.98. The fourth-order valence-corrected chi connectivity index (χ4v) is 6.40. The van der Waals surface area contributed by atoms with E-state index in [1.807, 2.05) is 0 Å². The summed E-state index contributed by atoms with van der Waals surface area (Å²) in [4.78, 5) is 44.1. The minimum atomic E-state index is -0.520. The summed E-state index contributed by atoms with van der Waals surface area (Å²) < 4.78 is 7.44. The highest BCUT2D eigenvalue weighted by molar-refractivity contribution is 7.99. The minimum absolute atomic E-state index is 0.00271. The molecule has 2 N–H and O–H groups in total. The number of amides is 3. The van der Waals surface area contributed by atoms with Crippen LogP contribution < -0.4 is 16.2 Å². The number of nitrogens with zero attached hydrogens (tertiary/aromatic N) is 2. The van der Waals surface area contributed by atoms with Crippen molar-refractivity contribution in [2.45, 2.75) is 63.8 Å². The molecular formula is C21H28N4O4S2. The first-order chi connectivity index (χ1) is 15.0. The lowest BCUT2D eigenvalue weighted by molar-refractivity contribution is -0.117. The van der Waals surface area contributed by atoms with E-state index in [2.05, 4.69) is 17.6 Å². The predicted molar refractivity (Wildman–Crippen MR) is 122 cm³/mol. The number of fused-ring (bicyclic) bond motifs is 3. The van der Waals surface area contributed by atoms with Crippen molar-refractivity contribution in [2.75, 3.05) is 18.9 Å². The molecule has 0 saturated carbocycles. The van der Waals surface area contributed by atoms with Gasteiger partial charge in [-0.3, -0.25) is 19.5 Å². The van der Waals surface area contributed by atoms with Gasteiger partial charge in [0, 0.05) is 18.0 Å². The van der Waals surface area contributed by atoms with Crippen LogP contribution in [-0.2, 0) is 28.9 Å². The van der Waals surface area contributed by atoms with E-state index in [9.17, 15) is 14.4 Å². The van der Waals surface area contributed by atoms with Gasteiger partial charge < -0.3 is 10.1 Å². The Balaban J connectivity index is 1.64. The van der Waals surface area contributed by atoms with Crippen molar-refractivity contribution in [3.63, 3.8) is 0 Å². The fourth-order valence-electron chi connectivity index (χ4n) is 4.17. The minimum Gasteiger partial charge on any atom is -0.376 e.